The van der Waals surface area contributed by atoms with Crippen LogP contribution >= 0.6 is 0 Å². The van der Waals surface area contributed by atoms with Crippen molar-refractivity contribution in [2.45, 2.75) is 75.8 Å². The van der Waals surface area contributed by atoms with Crippen molar-refractivity contribution in [1.82, 2.24) is 14.4 Å². The van der Waals surface area contributed by atoms with Gasteiger partial charge >= 0.3 is 6.03 Å². The minimum atomic E-state index is -0.758. The molecular formula is C22H30N4O3. The van der Waals surface area contributed by atoms with Crippen molar-refractivity contribution in [1.29, 1.82) is 0 Å². The van der Waals surface area contributed by atoms with Crippen LogP contribution in [0.2, 0.25) is 0 Å². The fourth-order valence-electron chi connectivity index (χ4n) is 5.03. The van der Waals surface area contributed by atoms with Gasteiger partial charge in [-0.2, -0.15) is 0 Å². The van der Waals surface area contributed by atoms with E-state index in [0.717, 1.165) is 37.0 Å². The first-order valence-electron chi connectivity index (χ1n) is 10.9. The van der Waals surface area contributed by atoms with E-state index in [-0.39, 0.29) is 30.4 Å². The zero-order chi connectivity index (χ0) is 20.4. The number of hydrogen-bond acceptors (Lipinski definition) is 4. The van der Waals surface area contributed by atoms with Crippen molar-refractivity contribution in [3.05, 3.63) is 29.9 Å². The number of carbonyl (C=O) groups is 3. The molecule has 1 spiro atoms. The number of hydrogen-bond donors (Lipinski definition) is 0. The highest BCUT2D eigenvalue weighted by atomic mass is 16.2. The normalized spacial score (nSPS) is 23.3. The van der Waals surface area contributed by atoms with Crippen molar-refractivity contribution in [3.63, 3.8) is 0 Å². The molecule has 7 heteroatoms. The first kappa shape index (κ1) is 19.9. The van der Waals surface area contributed by atoms with Crippen LogP contribution in [0.25, 0.3) is 0 Å². The topological polar surface area (TPSA) is 75.0 Å². The van der Waals surface area contributed by atoms with Gasteiger partial charge in [0.2, 0.25) is 0 Å². The van der Waals surface area contributed by atoms with Crippen molar-refractivity contribution in [3.8, 4) is 0 Å². The van der Waals surface area contributed by atoms with Crippen LogP contribution in [0.4, 0.5) is 4.79 Å². The minimum Gasteiger partial charge on any atom is -0.313 e. The number of rotatable bonds is 3. The van der Waals surface area contributed by atoms with E-state index in [1.54, 1.807) is 24.2 Å². The maximum atomic E-state index is 13.2. The van der Waals surface area contributed by atoms with Gasteiger partial charge in [-0.05, 0) is 37.8 Å². The Kier molecular flexibility index (Phi) is 5.56. The van der Waals surface area contributed by atoms with E-state index < -0.39 is 5.54 Å². The molecule has 0 unspecified atom stereocenters. The third-order valence-corrected chi connectivity index (χ3v) is 6.77. The highest BCUT2D eigenvalue weighted by Gasteiger charge is 2.55. The first-order valence-corrected chi connectivity index (χ1v) is 10.9. The molecule has 2 heterocycles. The summed E-state index contributed by atoms with van der Waals surface area (Å²) in [5.41, 5.74) is -0.157. The van der Waals surface area contributed by atoms with E-state index in [9.17, 15) is 14.4 Å². The molecule has 0 bridgehead atoms. The highest BCUT2D eigenvalue weighted by Crippen LogP contribution is 2.39. The van der Waals surface area contributed by atoms with Gasteiger partial charge in [0.1, 0.15) is 17.6 Å². The van der Waals surface area contributed by atoms with Gasteiger partial charge in [-0.15, -0.1) is 0 Å². The molecule has 1 saturated heterocycles. The van der Waals surface area contributed by atoms with Crippen LogP contribution in [-0.2, 0) is 4.79 Å². The second kappa shape index (κ2) is 8.13. The van der Waals surface area contributed by atoms with Gasteiger partial charge in [-0.1, -0.05) is 44.6 Å². The van der Waals surface area contributed by atoms with Crippen molar-refractivity contribution >= 4 is 17.8 Å². The molecule has 0 aromatic carbocycles. The van der Waals surface area contributed by atoms with Crippen LogP contribution in [0.5, 0.6) is 0 Å². The van der Waals surface area contributed by atoms with E-state index in [2.05, 4.69) is 0 Å². The molecule has 29 heavy (non-hydrogen) atoms. The molecule has 1 aromatic heterocycles. The average molecular weight is 399 g/mol. The predicted molar refractivity (Wildman–Crippen MR) is 108 cm³/mol. The van der Waals surface area contributed by atoms with Gasteiger partial charge in [0, 0.05) is 13.2 Å². The summed E-state index contributed by atoms with van der Waals surface area (Å²) >= 11 is 0. The van der Waals surface area contributed by atoms with Gasteiger partial charge in [0.15, 0.2) is 0 Å². The Balaban J connectivity index is 1.56. The zero-order valence-electron chi connectivity index (χ0n) is 17.2. The van der Waals surface area contributed by atoms with Crippen LogP contribution < -0.4 is 5.49 Å². The summed E-state index contributed by atoms with van der Waals surface area (Å²) < 4.78 is 1.49. The summed E-state index contributed by atoms with van der Waals surface area (Å²) in [7, 11) is 1.69. The molecule has 1 aliphatic heterocycles. The molecule has 0 atom stereocenters. The zero-order valence-corrected chi connectivity index (χ0v) is 17.2. The predicted octanol–water partition coefficient (Wildman–Crippen LogP) is 2.96. The van der Waals surface area contributed by atoms with E-state index in [0.29, 0.717) is 18.3 Å². The number of aromatic nitrogens is 1. The van der Waals surface area contributed by atoms with Gasteiger partial charge in [-0.3, -0.25) is 24.0 Å². The molecule has 0 N–H and O–H groups in total. The number of pyridine rings is 1. The number of amides is 3. The van der Waals surface area contributed by atoms with Crippen LogP contribution in [0.1, 0.15) is 69.0 Å². The molecule has 156 valence electrons. The van der Waals surface area contributed by atoms with E-state index in [1.165, 1.54) is 23.8 Å². The number of imide groups is 1. The van der Waals surface area contributed by atoms with E-state index >= 15 is 0 Å². The summed E-state index contributed by atoms with van der Waals surface area (Å²) in [6, 6.07) is 5.33. The van der Waals surface area contributed by atoms with E-state index in [1.807, 2.05) is 12.1 Å². The maximum Gasteiger partial charge on any atom is 0.327 e. The van der Waals surface area contributed by atoms with Gasteiger partial charge in [-0.25, -0.2) is 4.79 Å². The van der Waals surface area contributed by atoms with Crippen molar-refractivity contribution in [2.75, 3.05) is 13.6 Å². The fraction of sp³-hybridized carbons (Fsp3) is 0.636. The van der Waals surface area contributed by atoms with Gasteiger partial charge in [0.25, 0.3) is 11.8 Å². The molecular weight excluding hydrogens is 368 g/mol. The number of carbonyl (C=O) groups excluding carboxylic acids is 3. The minimum absolute atomic E-state index is 0.222. The molecule has 7 nitrogen and oxygen atoms in total. The highest BCUT2D eigenvalue weighted by molar-refractivity contribution is 6.09. The third-order valence-electron chi connectivity index (χ3n) is 6.77. The van der Waals surface area contributed by atoms with Crippen molar-refractivity contribution in [2.24, 2.45) is 4.99 Å². The quantitative estimate of drug-likeness (QED) is 0.735. The lowest BCUT2D eigenvalue weighted by molar-refractivity contribution is -0.134. The average Bonchev–Trinajstić information content (AvgIpc) is 2.92. The van der Waals surface area contributed by atoms with Crippen LogP contribution in [0, 0.1) is 0 Å². The monoisotopic (exact) mass is 398 g/mol. The number of likely N-dealkylation sites (N-methyl/N-ethyl adjacent to an activating group) is 1. The second-order valence-electron chi connectivity index (χ2n) is 8.57. The molecule has 3 aliphatic rings. The maximum absolute atomic E-state index is 13.2. The Morgan fingerprint density at radius 3 is 2.48 bits per heavy atom. The molecule has 2 aliphatic carbocycles. The Morgan fingerprint density at radius 2 is 1.76 bits per heavy atom. The Morgan fingerprint density at radius 1 is 1.07 bits per heavy atom. The second-order valence-corrected chi connectivity index (χ2v) is 8.57. The summed E-state index contributed by atoms with van der Waals surface area (Å²) in [6.45, 7) is -0.244. The van der Waals surface area contributed by atoms with Crippen LogP contribution in [-0.4, -0.2) is 57.4 Å². The summed E-state index contributed by atoms with van der Waals surface area (Å²) in [6.07, 6.45) is 11.6. The number of urea groups is 1. The summed E-state index contributed by atoms with van der Waals surface area (Å²) in [4.78, 5) is 46.5. The molecule has 4 rings (SSSR count). The molecule has 2 saturated carbocycles. The lowest BCUT2D eigenvalue weighted by Gasteiger charge is -2.35. The molecule has 0 radical (unpaired) electrons. The van der Waals surface area contributed by atoms with Gasteiger partial charge in [0.05, 0.1) is 6.04 Å². The standard InChI is InChI=1S/C22H30N4O3/c1-24-21(29)26(20(28)22(24)13-7-3-8-14-22)16-19(27)25-15-9-6-12-18(25)23-17-10-4-2-5-11-17/h6,9,12,15,17H,2-5,7-8,10-11,13-14,16H2,1H3. The summed E-state index contributed by atoms with van der Waals surface area (Å²) in [5, 5.41) is 0. The largest absolute Gasteiger partial charge is 0.327 e. The molecule has 3 amide bonds. The van der Waals surface area contributed by atoms with Crippen LogP contribution in [0.3, 0.4) is 0 Å². The SMILES string of the molecule is CN1C(=O)N(CC(=O)n2ccccc2=NC2CCCCC2)C(=O)C12CCCCC2. The molecule has 1 aromatic rings. The fourth-order valence-corrected chi connectivity index (χ4v) is 5.03. The first-order chi connectivity index (χ1) is 14.0. The Hall–Kier alpha value is -2.44. The Labute approximate surface area is 171 Å². The third kappa shape index (κ3) is 3.63. The molecule has 3 fully saturated rings. The lowest BCUT2D eigenvalue weighted by atomic mass is 9.81. The van der Waals surface area contributed by atoms with E-state index in [4.69, 9.17) is 4.99 Å². The summed E-state index contributed by atoms with van der Waals surface area (Å²) in [5.74, 6) is -0.525. The Bertz CT molecular complexity index is 863. The van der Waals surface area contributed by atoms with Crippen LogP contribution in [0.15, 0.2) is 29.4 Å². The van der Waals surface area contributed by atoms with Crippen molar-refractivity contribution < 1.29 is 14.4 Å². The lowest BCUT2D eigenvalue weighted by Crippen LogP contribution is -2.49. The smallest absolute Gasteiger partial charge is 0.313 e. The number of nitrogens with zero attached hydrogens (tertiary/aromatic N) is 4. The van der Waals surface area contributed by atoms with Gasteiger partial charge < -0.3 is 4.90 Å².